The summed E-state index contributed by atoms with van der Waals surface area (Å²) in [4.78, 5) is 15.5. The van der Waals surface area contributed by atoms with Crippen molar-refractivity contribution in [3.63, 3.8) is 0 Å². The van der Waals surface area contributed by atoms with Crippen molar-refractivity contribution in [2.24, 2.45) is 0 Å². The normalized spacial score (nSPS) is 11.7. The van der Waals surface area contributed by atoms with E-state index in [0.29, 0.717) is 17.5 Å². The van der Waals surface area contributed by atoms with Gasteiger partial charge in [-0.3, -0.25) is 0 Å². The number of hydrogen-bond acceptors (Lipinski definition) is 3. The molecule has 0 spiro atoms. The summed E-state index contributed by atoms with van der Waals surface area (Å²) < 4.78 is 7.17. The maximum absolute atomic E-state index is 5.21. The topological polar surface area (TPSA) is 53.5 Å². The lowest BCUT2D eigenvalue weighted by molar-refractivity contribution is 1.07. The Morgan fingerprint density at radius 1 is 0.187 bits per heavy atom. The minimum Gasteiger partial charge on any atom is -0.309 e. The molecule has 4 heterocycles. The second-order valence-corrected chi connectivity index (χ2v) is 19.2. The minimum atomic E-state index is 0.609. The number of fused-ring (bicyclic) bond motifs is 9. The van der Waals surface area contributed by atoms with Gasteiger partial charge in [0.15, 0.2) is 17.5 Å². The molecule has 350 valence electrons. The van der Waals surface area contributed by atoms with Crippen LogP contribution in [0.1, 0.15) is 0 Å². The SMILES string of the molecule is c1ccc(-c2nc(-c3ccc(-n4c5ccccc5c5ccccc54)cc3)nc(-c3cccc(-c4cccc(-c5cc(-n6c7ccccc7c7ccccc76)cc(-n6c7ccccc7c7ccccc76)c5)c4)c3)n2)cc1. The van der Waals surface area contributed by atoms with Gasteiger partial charge in [0.1, 0.15) is 0 Å². The molecular weight excluding hydrogens is 913 g/mol. The summed E-state index contributed by atoms with van der Waals surface area (Å²) in [7, 11) is 0. The third kappa shape index (κ3) is 7.07. The van der Waals surface area contributed by atoms with Crippen LogP contribution in [0.4, 0.5) is 0 Å². The van der Waals surface area contributed by atoms with E-state index in [2.05, 4.69) is 262 Å². The van der Waals surface area contributed by atoms with E-state index in [9.17, 15) is 0 Å². The Kier molecular flexibility index (Phi) is 9.78. The summed E-state index contributed by atoms with van der Waals surface area (Å²) in [5.74, 6) is 1.84. The zero-order chi connectivity index (χ0) is 49.4. The van der Waals surface area contributed by atoms with Crippen LogP contribution in [-0.4, -0.2) is 28.7 Å². The lowest BCUT2D eigenvalue weighted by atomic mass is 9.97. The predicted molar refractivity (Wildman–Crippen MR) is 310 cm³/mol. The van der Waals surface area contributed by atoms with E-state index in [-0.39, 0.29) is 0 Å². The smallest absolute Gasteiger partial charge is 0.164 e. The molecule has 6 nitrogen and oxygen atoms in total. The molecule has 4 aromatic heterocycles. The summed E-state index contributed by atoms with van der Waals surface area (Å²) in [6, 6.07) is 95.4. The maximum Gasteiger partial charge on any atom is 0.164 e. The summed E-state index contributed by atoms with van der Waals surface area (Å²) >= 11 is 0. The molecule has 0 aliphatic carbocycles. The van der Waals surface area contributed by atoms with Gasteiger partial charge in [0.2, 0.25) is 0 Å². The van der Waals surface area contributed by atoms with E-state index >= 15 is 0 Å². The van der Waals surface area contributed by atoms with Crippen molar-refractivity contribution in [1.82, 2.24) is 28.7 Å². The molecule has 0 saturated carbocycles. The molecule has 0 aliphatic rings. The lowest BCUT2D eigenvalue weighted by Crippen LogP contribution is -2.01. The fourth-order valence-corrected chi connectivity index (χ4v) is 11.4. The Balaban J connectivity index is 0.851. The zero-order valence-electron chi connectivity index (χ0n) is 40.6. The van der Waals surface area contributed by atoms with Gasteiger partial charge in [0, 0.05) is 66.1 Å². The molecule has 15 aromatic rings. The van der Waals surface area contributed by atoms with E-state index in [1.807, 2.05) is 18.2 Å². The molecular formula is C69H44N6. The van der Waals surface area contributed by atoms with Crippen LogP contribution in [0.2, 0.25) is 0 Å². The molecule has 6 heteroatoms. The second-order valence-electron chi connectivity index (χ2n) is 19.2. The van der Waals surface area contributed by atoms with Gasteiger partial charge in [0.25, 0.3) is 0 Å². The number of benzene rings is 11. The Hall–Kier alpha value is -10.2. The third-order valence-electron chi connectivity index (χ3n) is 14.9. The number of hydrogen-bond donors (Lipinski definition) is 0. The Morgan fingerprint density at radius 3 is 0.893 bits per heavy atom. The molecule has 0 fully saturated rings. The number of para-hydroxylation sites is 6. The third-order valence-corrected chi connectivity index (χ3v) is 14.9. The van der Waals surface area contributed by atoms with Crippen molar-refractivity contribution in [3.05, 3.63) is 267 Å². The lowest BCUT2D eigenvalue weighted by Gasteiger charge is -2.16. The molecule has 0 amide bonds. The minimum absolute atomic E-state index is 0.609. The van der Waals surface area contributed by atoms with Crippen LogP contribution in [0.5, 0.6) is 0 Å². The molecule has 15 rings (SSSR count). The quantitative estimate of drug-likeness (QED) is 0.152. The zero-order valence-corrected chi connectivity index (χ0v) is 40.6. The second kappa shape index (κ2) is 17.3. The average Bonchev–Trinajstić information content (AvgIpc) is 4.18. The number of aromatic nitrogens is 6. The highest BCUT2D eigenvalue weighted by Gasteiger charge is 2.19. The van der Waals surface area contributed by atoms with Gasteiger partial charge in [0.05, 0.1) is 33.1 Å². The van der Waals surface area contributed by atoms with Crippen LogP contribution in [-0.2, 0) is 0 Å². The molecule has 0 N–H and O–H groups in total. The van der Waals surface area contributed by atoms with Gasteiger partial charge in [-0.15, -0.1) is 0 Å². The van der Waals surface area contributed by atoms with Crippen molar-refractivity contribution in [1.29, 1.82) is 0 Å². The van der Waals surface area contributed by atoms with Crippen LogP contribution in [0.25, 0.3) is 139 Å². The van der Waals surface area contributed by atoms with Gasteiger partial charge in [-0.25, -0.2) is 15.0 Å². The molecule has 11 aromatic carbocycles. The van der Waals surface area contributed by atoms with Crippen LogP contribution < -0.4 is 0 Å². The Morgan fingerprint density at radius 2 is 0.480 bits per heavy atom. The molecule has 0 atom stereocenters. The number of rotatable bonds is 8. The first-order valence-electron chi connectivity index (χ1n) is 25.4. The van der Waals surface area contributed by atoms with Crippen molar-refractivity contribution < 1.29 is 0 Å². The van der Waals surface area contributed by atoms with Crippen LogP contribution in [0.3, 0.4) is 0 Å². The summed E-state index contributed by atoms with van der Waals surface area (Å²) in [5, 5.41) is 7.38. The van der Waals surface area contributed by atoms with E-state index in [0.717, 1.165) is 56.0 Å². The van der Waals surface area contributed by atoms with Crippen molar-refractivity contribution in [2.45, 2.75) is 0 Å². The first-order valence-corrected chi connectivity index (χ1v) is 25.4. The Labute approximate surface area is 432 Å². The fraction of sp³-hybridized carbons (Fsp3) is 0. The summed E-state index contributed by atoms with van der Waals surface area (Å²) in [6.45, 7) is 0. The molecule has 0 aliphatic heterocycles. The van der Waals surface area contributed by atoms with E-state index in [1.54, 1.807) is 0 Å². The monoisotopic (exact) mass is 956 g/mol. The molecule has 75 heavy (non-hydrogen) atoms. The van der Waals surface area contributed by atoms with Gasteiger partial charge < -0.3 is 13.7 Å². The maximum atomic E-state index is 5.21. The van der Waals surface area contributed by atoms with E-state index < -0.39 is 0 Å². The summed E-state index contributed by atoms with van der Waals surface area (Å²) in [5.41, 5.74) is 17.4. The standard InChI is InChI=1S/C69H44N6/c1-2-18-45(19-3-1)67-70-68(46-36-38-52(39-37-46)73-61-30-10-4-24-55(61)56-25-5-11-31-62(56)73)72-69(71-67)50-23-17-21-48(41-50)47-20-16-22-49(40-47)51-42-53(74-63-32-12-6-26-57(63)58-27-7-13-33-64(58)74)44-54(43-51)75-65-34-14-8-28-59(65)60-29-9-15-35-66(60)75/h1-44H. The highest BCUT2D eigenvalue weighted by atomic mass is 15.0. The number of nitrogens with zero attached hydrogens (tertiary/aromatic N) is 6. The first kappa shape index (κ1) is 42.5. The first-order chi connectivity index (χ1) is 37.2. The average molecular weight is 957 g/mol. The molecule has 0 bridgehead atoms. The van der Waals surface area contributed by atoms with Crippen molar-refractivity contribution in [2.75, 3.05) is 0 Å². The van der Waals surface area contributed by atoms with Gasteiger partial charge in [-0.05, 0) is 113 Å². The summed E-state index contributed by atoms with van der Waals surface area (Å²) in [6.07, 6.45) is 0. The van der Waals surface area contributed by atoms with Gasteiger partial charge >= 0.3 is 0 Å². The Bertz CT molecular complexity index is 4420. The molecule has 0 radical (unpaired) electrons. The highest BCUT2D eigenvalue weighted by Crippen LogP contribution is 2.40. The van der Waals surface area contributed by atoms with Crippen LogP contribution in [0, 0.1) is 0 Å². The van der Waals surface area contributed by atoms with Gasteiger partial charge in [-0.2, -0.15) is 0 Å². The molecule has 0 saturated heterocycles. The van der Waals surface area contributed by atoms with Gasteiger partial charge in [-0.1, -0.05) is 176 Å². The van der Waals surface area contributed by atoms with E-state index in [1.165, 1.54) is 65.4 Å². The van der Waals surface area contributed by atoms with Crippen molar-refractivity contribution >= 4 is 65.4 Å². The van der Waals surface area contributed by atoms with Crippen LogP contribution in [0.15, 0.2) is 267 Å². The predicted octanol–water partition coefficient (Wildman–Crippen LogP) is 17.5. The molecule has 0 unspecified atom stereocenters. The highest BCUT2D eigenvalue weighted by molar-refractivity contribution is 6.11. The van der Waals surface area contributed by atoms with Crippen molar-refractivity contribution in [3.8, 4) is 73.5 Å². The fourth-order valence-electron chi connectivity index (χ4n) is 11.4. The van der Waals surface area contributed by atoms with Crippen LogP contribution >= 0.6 is 0 Å². The van der Waals surface area contributed by atoms with E-state index in [4.69, 9.17) is 15.0 Å². The largest absolute Gasteiger partial charge is 0.309 e.